The molecule has 1 aliphatic rings. The molecule has 3 heteroatoms. The van der Waals surface area contributed by atoms with E-state index in [1.165, 1.54) is 0 Å². The Hall–Kier alpha value is -0.590. The smallest absolute Gasteiger partial charge is 0.0646 e. The van der Waals surface area contributed by atoms with E-state index in [1.807, 2.05) is 0 Å². The molecule has 0 saturated carbocycles. The second-order valence-corrected chi connectivity index (χ2v) is 3.91. The van der Waals surface area contributed by atoms with Crippen molar-refractivity contribution in [2.45, 2.75) is 38.1 Å². The van der Waals surface area contributed by atoms with Gasteiger partial charge in [0, 0.05) is 18.6 Å². The third-order valence-corrected chi connectivity index (χ3v) is 2.49. The number of hydrogen-bond donors (Lipinski definition) is 1. The van der Waals surface area contributed by atoms with Crippen LogP contribution in [0.2, 0.25) is 0 Å². The van der Waals surface area contributed by atoms with E-state index >= 15 is 0 Å². The van der Waals surface area contributed by atoms with Crippen LogP contribution in [-0.2, 0) is 4.74 Å². The topological polar surface area (TPSA) is 45.0 Å². The van der Waals surface area contributed by atoms with Gasteiger partial charge in [-0.1, -0.05) is 0 Å². The van der Waals surface area contributed by atoms with Crippen LogP contribution >= 0.6 is 0 Å². The van der Waals surface area contributed by atoms with Crippen molar-refractivity contribution in [3.8, 4) is 6.07 Å². The van der Waals surface area contributed by atoms with E-state index < -0.39 is 0 Å². The molecule has 0 radical (unpaired) electrons. The van der Waals surface area contributed by atoms with Gasteiger partial charge in [-0.05, 0) is 32.7 Å². The van der Waals surface area contributed by atoms with E-state index in [0.717, 1.165) is 39.0 Å². The van der Waals surface area contributed by atoms with Crippen molar-refractivity contribution in [2.75, 3.05) is 19.8 Å². The van der Waals surface area contributed by atoms with Gasteiger partial charge >= 0.3 is 0 Å². The zero-order valence-electron chi connectivity index (χ0n) is 8.31. The lowest BCUT2D eigenvalue weighted by atomic mass is 10.0. The van der Waals surface area contributed by atoms with E-state index in [9.17, 15) is 0 Å². The normalized spacial score (nSPS) is 27.4. The lowest BCUT2D eigenvalue weighted by molar-refractivity contribution is 0.171. The summed E-state index contributed by atoms with van der Waals surface area (Å²) in [4.78, 5) is 0. The van der Waals surface area contributed by atoms with Crippen LogP contribution in [0.3, 0.4) is 0 Å². The van der Waals surface area contributed by atoms with E-state index in [1.54, 1.807) is 0 Å². The second-order valence-electron chi connectivity index (χ2n) is 3.91. The predicted octanol–water partition coefficient (Wildman–Crippen LogP) is 1.45. The number of nitrogens with one attached hydrogen (secondary N) is 1. The maximum atomic E-state index is 8.34. The average Bonchev–Trinajstić information content (AvgIpc) is 2.53. The molecule has 0 spiro atoms. The fraction of sp³-hybridized carbons (Fsp3) is 0.900. The van der Waals surface area contributed by atoms with Crippen LogP contribution in [-0.4, -0.2) is 25.3 Å². The monoisotopic (exact) mass is 182 g/mol. The Balaban J connectivity index is 2.02. The number of nitrogens with zero attached hydrogens (tertiary/aromatic N) is 1. The zero-order valence-corrected chi connectivity index (χ0v) is 8.31. The van der Waals surface area contributed by atoms with Gasteiger partial charge in [0.05, 0.1) is 12.7 Å². The molecule has 1 heterocycles. The van der Waals surface area contributed by atoms with Gasteiger partial charge in [-0.25, -0.2) is 0 Å². The Kier molecular flexibility index (Phi) is 4.20. The van der Waals surface area contributed by atoms with Gasteiger partial charge in [0.25, 0.3) is 0 Å². The van der Waals surface area contributed by atoms with Crippen molar-refractivity contribution in [3.05, 3.63) is 0 Å². The molecule has 0 aromatic heterocycles. The molecule has 74 valence electrons. The van der Waals surface area contributed by atoms with Crippen LogP contribution in [0.1, 0.15) is 32.6 Å². The highest BCUT2D eigenvalue weighted by Gasteiger charge is 2.28. The Morgan fingerprint density at radius 2 is 2.38 bits per heavy atom. The van der Waals surface area contributed by atoms with Gasteiger partial charge in [0.15, 0.2) is 0 Å². The SMILES string of the molecule is CC1(NCCCCC#N)CCOC1. The number of hydrogen-bond acceptors (Lipinski definition) is 3. The highest BCUT2D eigenvalue weighted by atomic mass is 16.5. The molecule has 0 aliphatic carbocycles. The molecular weight excluding hydrogens is 164 g/mol. The van der Waals surface area contributed by atoms with Crippen LogP contribution in [0.25, 0.3) is 0 Å². The van der Waals surface area contributed by atoms with Gasteiger partial charge in [-0.3, -0.25) is 0 Å². The van der Waals surface area contributed by atoms with Gasteiger partial charge in [0.1, 0.15) is 0 Å². The Bertz CT molecular complexity index is 180. The Morgan fingerprint density at radius 3 is 3.00 bits per heavy atom. The molecule has 0 aromatic rings. The highest BCUT2D eigenvalue weighted by Crippen LogP contribution is 2.17. The van der Waals surface area contributed by atoms with Gasteiger partial charge in [-0.15, -0.1) is 0 Å². The predicted molar refractivity (Wildman–Crippen MR) is 51.3 cm³/mol. The van der Waals surface area contributed by atoms with Crippen molar-refractivity contribution >= 4 is 0 Å². The lowest BCUT2D eigenvalue weighted by Crippen LogP contribution is -2.43. The van der Waals surface area contributed by atoms with Crippen molar-refractivity contribution in [1.82, 2.24) is 5.32 Å². The van der Waals surface area contributed by atoms with Gasteiger partial charge < -0.3 is 10.1 Å². The van der Waals surface area contributed by atoms with E-state index in [0.29, 0.717) is 6.42 Å². The fourth-order valence-corrected chi connectivity index (χ4v) is 1.53. The zero-order chi connectivity index (χ0) is 9.57. The van der Waals surface area contributed by atoms with Crippen molar-refractivity contribution < 1.29 is 4.74 Å². The van der Waals surface area contributed by atoms with Crippen molar-refractivity contribution in [1.29, 1.82) is 5.26 Å². The van der Waals surface area contributed by atoms with Crippen molar-refractivity contribution in [2.24, 2.45) is 0 Å². The quantitative estimate of drug-likeness (QED) is 0.654. The van der Waals surface area contributed by atoms with Crippen LogP contribution in [0, 0.1) is 11.3 Å². The first-order chi connectivity index (χ1) is 6.27. The lowest BCUT2D eigenvalue weighted by Gasteiger charge is -2.23. The first-order valence-corrected chi connectivity index (χ1v) is 4.97. The van der Waals surface area contributed by atoms with Crippen LogP contribution < -0.4 is 5.32 Å². The maximum absolute atomic E-state index is 8.34. The third-order valence-electron chi connectivity index (χ3n) is 2.49. The third kappa shape index (κ3) is 3.75. The molecule has 1 unspecified atom stereocenters. The number of nitriles is 1. The minimum absolute atomic E-state index is 0.187. The number of ether oxygens (including phenoxy) is 1. The van der Waals surface area contributed by atoms with Gasteiger partial charge in [0.2, 0.25) is 0 Å². The molecule has 0 bridgehead atoms. The van der Waals surface area contributed by atoms with E-state index in [2.05, 4.69) is 18.3 Å². The number of unbranched alkanes of at least 4 members (excludes halogenated alkanes) is 2. The maximum Gasteiger partial charge on any atom is 0.0646 e. The molecule has 0 aromatic carbocycles. The molecule has 0 amide bonds. The summed E-state index contributed by atoms with van der Waals surface area (Å²) in [5, 5.41) is 11.8. The molecule has 1 rings (SSSR count). The Labute approximate surface area is 80.1 Å². The fourth-order valence-electron chi connectivity index (χ4n) is 1.53. The molecule has 13 heavy (non-hydrogen) atoms. The van der Waals surface area contributed by atoms with Crippen molar-refractivity contribution in [3.63, 3.8) is 0 Å². The molecule has 1 N–H and O–H groups in total. The summed E-state index contributed by atoms with van der Waals surface area (Å²) in [6, 6.07) is 2.15. The summed E-state index contributed by atoms with van der Waals surface area (Å²) in [7, 11) is 0. The van der Waals surface area contributed by atoms with Gasteiger partial charge in [-0.2, -0.15) is 5.26 Å². The van der Waals surface area contributed by atoms with Crippen LogP contribution in [0.15, 0.2) is 0 Å². The standard InChI is InChI=1S/C10H18N2O/c1-10(5-8-13-9-10)12-7-4-2-3-6-11/h12H,2-5,7-9H2,1H3. The summed E-state index contributed by atoms with van der Waals surface area (Å²) in [6.07, 6.45) is 3.86. The largest absolute Gasteiger partial charge is 0.379 e. The molecule has 1 atom stereocenters. The highest BCUT2D eigenvalue weighted by molar-refractivity contribution is 4.86. The first-order valence-electron chi connectivity index (χ1n) is 4.97. The molecule has 3 nitrogen and oxygen atoms in total. The second kappa shape index (κ2) is 5.21. The molecular formula is C10H18N2O. The molecule has 1 saturated heterocycles. The number of rotatable bonds is 5. The summed E-state index contributed by atoms with van der Waals surface area (Å²) in [5.41, 5.74) is 0.187. The summed E-state index contributed by atoms with van der Waals surface area (Å²) >= 11 is 0. The average molecular weight is 182 g/mol. The molecule has 1 fully saturated rings. The first kappa shape index (κ1) is 10.5. The molecule has 1 aliphatic heterocycles. The minimum Gasteiger partial charge on any atom is -0.379 e. The summed E-state index contributed by atoms with van der Waals surface area (Å²) < 4.78 is 5.32. The minimum atomic E-state index is 0.187. The summed E-state index contributed by atoms with van der Waals surface area (Å²) in [5.74, 6) is 0. The summed E-state index contributed by atoms with van der Waals surface area (Å²) in [6.45, 7) is 4.90. The van der Waals surface area contributed by atoms with Crippen LogP contribution in [0.4, 0.5) is 0 Å². The van der Waals surface area contributed by atoms with Crippen LogP contribution in [0.5, 0.6) is 0 Å². The van der Waals surface area contributed by atoms with E-state index in [-0.39, 0.29) is 5.54 Å². The van der Waals surface area contributed by atoms with E-state index in [4.69, 9.17) is 10.00 Å². The Morgan fingerprint density at radius 1 is 1.54 bits per heavy atom.